The van der Waals surface area contributed by atoms with E-state index in [0.717, 1.165) is 64.2 Å². The van der Waals surface area contributed by atoms with Crippen molar-refractivity contribution < 1.29 is 19.0 Å². The van der Waals surface area contributed by atoms with E-state index in [1.54, 1.807) is 0 Å². The summed E-state index contributed by atoms with van der Waals surface area (Å²) in [4.78, 5) is 11.5. The molecule has 0 aromatic carbocycles. The van der Waals surface area contributed by atoms with Gasteiger partial charge in [0.1, 0.15) is 12.2 Å². The van der Waals surface area contributed by atoms with E-state index in [1.807, 2.05) is 0 Å². The van der Waals surface area contributed by atoms with Crippen molar-refractivity contribution in [2.45, 2.75) is 89.3 Å². The van der Waals surface area contributed by atoms with Gasteiger partial charge < -0.3 is 14.2 Å². The second kappa shape index (κ2) is 10.0. The fourth-order valence-corrected chi connectivity index (χ4v) is 3.37. The van der Waals surface area contributed by atoms with Gasteiger partial charge >= 0.3 is 11.2 Å². The van der Waals surface area contributed by atoms with Crippen molar-refractivity contribution in [2.75, 3.05) is 6.61 Å². The summed E-state index contributed by atoms with van der Waals surface area (Å²) in [5.41, 5.74) is 0. The van der Waals surface area contributed by atoms with Crippen LogP contribution in [0.1, 0.15) is 77.0 Å². The lowest BCUT2D eigenvalue weighted by atomic mass is 10.00. The van der Waals surface area contributed by atoms with Crippen molar-refractivity contribution in [2.24, 2.45) is 0 Å². The van der Waals surface area contributed by atoms with Crippen LogP contribution in [0.3, 0.4) is 0 Å². The number of ether oxygens (including phenoxy) is 3. The number of hydrogen-bond acceptors (Lipinski definition) is 5. The van der Waals surface area contributed by atoms with E-state index >= 15 is 0 Å². The highest BCUT2D eigenvalue weighted by Gasteiger charge is 2.33. The molecule has 0 aromatic heterocycles. The molecule has 2 aliphatic heterocycles. The Morgan fingerprint density at radius 2 is 1.32 bits per heavy atom. The zero-order valence-corrected chi connectivity index (χ0v) is 14.2. The summed E-state index contributed by atoms with van der Waals surface area (Å²) in [6.07, 6.45) is 12.7. The van der Waals surface area contributed by atoms with Crippen LogP contribution in [0.4, 0.5) is 0 Å². The van der Waals surface area contributed by atoms with E-state index in [9.17, 15) is 4.79 Å². The molecule has 0 N–H and O–H groups in total. The van der Waals surface area contributed by atoms with Gasteiger partial charge in [-0.3, -0.25) is 4.79 Å². The van der Waals surface area contributed by atoms with Crippen LogP contribution < -0.4 is 0 Å². The van der Waals surface area contributed by atoms with E-state index < -0.39 is 0 Å². The fourth-order valence-electron chi connectivity index (χ4n) is 3.12. The van der Waals surface area contributed by atoms with Gasteiger partial charge in [0.15, 0.2) is 0 Å². The summed E-state index contributed by atoms with van der Waals surface area (Å²) in [5, 5.41) is 0.330. The van der Waals surface area contributed by atoms with Crippen LogP contribution in [0, 0.1) is 0 Å². The van der Waals surface area contributed by atoms with E-state index in [-0.39, 0.29) is 18.2 Å². The number of esters is 1. The maximum absolute atomic E-state index is 11.5. The van der Waals surface area contributed by atoms with Crippen molar-refractivity contribution in [3.8, 4) is 0 Å². The molecule has 4 nitrogen and oxygen atoms in total. The normalized spacial score (nSPS) is 29.6. The van der Waals surface area contributed by atoms with Gasteiger partial charge in [-0.05, 0) is 38.5 Å². The van der Waals surface area contributed by atoms with Crippen LogP contribution in [0.15, 0.2) is 0 Å². The molecule has 0 amide bonds. The number of fused-ring (bicyclic) bond motifs is 1. The predicted octanol–water partition coefficient (Wildman–Crippen LogP) is 4.29. The van der Waals surface area contributed by atoms with Crippen molar-refractivity contribution in [1.82, 2.24) is 0 Å². The van der Waals surface area contributed by atoms with Crippen LogP contribution in [-0.2, 0) is 19.0 Å². The maximum Gasteiger partial charge on any atom is 0.353 e. The molecule has 22 heavy (non-hydrogen) atoms. The van der Waals surface area contributed by atoms with Crippen LogP contribution in [0.5, 0.6) is 0 Å². The van der Waals surface area contributed by atoms with Gasteiger partial charge in [-0.2, -0.15) is 0 Å². The van der Waals surface area contributed by atoms with E-state index in [4.69, 9.17) is 26.4 Å². The molecule has 126 valence electrons. The molecule has 2 fully saturated rings. The number of hydrogen-bond donors (Lipinski definition) is 0. The average Bonchev–Trinajstić information content (AvgIpc) is 2.84. The maximum atomic E-state index is 11.5. The van der Waals surface area contributed by atoms with Crippen molar-refractivity contribution in [3.63, 3.8) is 0 Å². The first-order valence-corrected chi connectivity index (χ1v) is 9.19. The van der Waals surface area contributed by atoms with Crippen LogP contribution in [0.2, 0.25) is 0 Å². The molecule has 2 rings (SSSR count). The molecule has 0 saturated carbocycles. The van der Waals surface area contributed by atoms with Gasteiger partial charge in [-0.15, -0.1) is 0 Å². The highest BCUT2D eigenvalue weighted by Crippen LogP contribution is 2.25. The standard InChI is InChI=1S/C17H28O4S/c18-16-12-8-3-1-2-6-10-14-15(21-17(22)20-14)11-7-4-5-9-13-19-16/h14-15H,1-13H2/t14-,15-/m0/s1. The SMILES string of the molecule is O=C1CCCCCCC[C@@H]2OC(=S)O[C@H]2CCCCCCO1. The minimum atomic E-state index is -0.0332. The summed E-state index contributed by atoms with van der Waals surface area (Å²) in [5.74, 6) is -0.0332. The first-order valence-electron chi connectivity index (χ1n) is 8.78. The number of carbonyl (C=O) groups is 1. The third-order valence-corrected chi connectivity index (χ3v) is 4.62. The Morgan fingerprint density at radius 1 is 0.773 bits per heavy atom. The van der Waals surface area contributed by atoms with Crippen LogP contribution in [0.25, 0.3) is 0 Å². The second-order valence-electron chi connectivity index (χ2n) is 6.29. The first kappa shape index (κ1) is 17.5. The monoisotopic (exact) mass is 328 g/mol. The molecule has 0 spiro atoms. The van der Waals surface area contributed by atoms with Crippen molar-refractivity contribution in [3.05, 3.63) is 0 Å². The average molecular weight is 328 g/mol. The molecule has 0 bridgehead atoms. The Kier molecular flexibility index (Phi) is 7.99. The number of thiocarbonyl (C=S) groups is 1. The quantitative estimate of drug-likeness (QED) is 0.490. The highest BCUT2D eigenvalue weighted by molar-refractivity contribution is 7.79. The summed E-state index contributed by atoms with van der Waals surface area (Å²) in [7, 11) is 0. The lowest BCUT2D eigenvalue weighted by Gasteiger charge is -2.15. The van der Waals surface area contributed by atoms with Gasteiger partial charge in [0, 0.05) is 18.6 Å². The Morgan fingerprint density at radius 3 is 2.00 bits per heavy atom. The lowest BCUT2D eigenvalue weighted by molar-refractivity contribution is -0.143. The van der Waals surface area contributed by atoms with Crippen molar-refractivity contribution >= 4 is 23.4 Å². The van der Waals surface area contributed by atoms with E-state index in [0.29, 0.717) is 18.3 Å². The minimum Gasteiger partial charge on any atom is -0.466 e. The number of carbonyl (C=O) groups excluding carboxylic acids is 1. The fraction of sp³-hybridized carbons (Fsp3) is 0.882. The van der Waals surface area contributed by atoms with Gasteiger partial charge in [0.25, 0.3) is 0 Å². The van der Waals surface area contributed by atoms with Gasteiger partial charge in [0.2, 0.25) is 0 Å². The summed E-state index contributed by atoms with van der Waals surface area (Å²) < 4.78 is 16.5. The lowest BCUT2D eigenvalue weighted by Crippen LogP contribution is -2.22. The number of cyclic esters (lactones) is 1. The molecule has 0 radical (unpaired) electrons. The molecule has 0 aromatic rings. The summed E-state index contributed by atoms with van der Waals surface area (Å²) in [6, 6.07) is 0. The second-order valence-corrected chi connectivity index (χ2v) is 6.63. The van der Waals surface area contributed by atoms with E-state index in [2.05, 4.69) is 0 Å². The van der Waals surface area contributed by atoms with Gasteiger partial charge in [0.05, 0.1) is 6.61 Å². The predicted molar refractivity (Wildman–Crippen MR) is 88.7 cm³/mol. The van der Waals surface area contributed by atoms with Gasteiger partial charge in [-0.25, -0.2) is 0 Å². The highest BCUT2D eigenvalue weighted by atomic mass is 32.1. The Bertz CT molecular complexity index is 327. The van der Waals surface area contributed by atoms with Crippen LogP contribution in [-0.4, -0.2) is 30.0 Å². The molecule has 0 unspecified atom stereocenters. The molecule has 2 heterocycles. The molecule has 2 saturated heterocycles. The topological polar surface area (TPSA) is 44.8 Å². The Labute approximate surface area is 138 Å². The zero-order chi connectivity index (χ0) is 15.6. The zero-order valence-electron chi connectivity index (χ0n) is 13.4. The summed E-state index contributed by atoms with van der Waals surface area (Å²) in [6.45, 7) is 0.564. The summed E-state index contributed by atoms with van der Waals surface area (Å²) >= 11 is 5.06. The largest absolute Gasteiger partial charge is 0.466 e. The first-order chi connectivity index (χ1) is 10.8. The molecular formula is C17H28O4S. The molecule has 5 heteroatoms. The molecular weight excluding hydrogens is 300 g/mol. The molecule has 2 aliphatic rings. The third kappa shape index (κ3) is 6.51. The van der Waals surface area contributed by atoms with Crippen LogP contribution >= 0.6 is 12.2 Å². The number of rotatable bonds is 0. The third-order valence-electron chi connectivity index (χ3n) is 4.43. The van der Waals surface area contributed by atoms with E-state index in [1.165, 1.54) is 6.42 Å². The Hall–Kier alpha value is -0.840. The molecule has 0 aliphatic carbocycles. The Balaban J connectivity index is 1.76. The van der Waals surface area contributed by atoms with Crippen molar-refractivity contribution in [1.29, 1.82) is 0 Å². The van der Waals surface area contributed by atoms with Gasteiger partial charge in [-0.1, -0.05) is 32.1 Å². The minimum absolute atomic E-state index is 0.0332. The molecule has 2 atom stereocenters. The smallest absolute Gasteiger partial charge is 0.353 e.